The van der Waals surface area contributed by atoms with Crippen LogP contribution in [0.5, 0.6) is 0 Å². The van der Waals surface area contributed by atoms with Gasteiger partial charge < -0.3 is 0 Å². The van der Waals surface area contributed by atoms with E-state index in [2.05, 4.69) is 29.5 Å². The molecule has 0 bridgehead atoms. The summed E-state index contributed by atoms with van der Waals surface area (Å²) in [5, 5.41) is 0. The number of pyridine rings is 1. The third kappa shape index (κ3) is 5.71. The fourth-order valence-corrected chi connectivity index (χ4v) is 2.24. The first kappa shape index (κ1) is 17.0. The first-order valence-corrected chi connectivity index (χ1v) is 7.98. The summed E-state index contributed by atoms with van der Waals surface area (Å²) < 4.78 is 12.7. The molecule has 23 heavy (non-hydrogen) atoms. The Morgan fingerprint density at radius 1 is 1.22 bits per heavy atom. The zero-order chi connectivity index (χ0) is 16.5. The van der Waals surface area contributed by atoms with Crippen LogP contribution in [0.25, 0.3) is 11.3 Å². The number of hydrogen-bond donors (Lipinski definition) is 0. The highest BCUT2D eigenvalue weighted by atomic mass is 19.1. The van der Waals surface area contributed by atoms with Crippen molar-refractivity contribution in [2.24, 2.45) is 0 Å². The average molecular weight is 307 g/mol. The first-order valence-electron chi connectivity index (χ1n) is 7.98. The van der Waals surface area contributed by atoms with Gasteiger partial charge in [-0.05, 0) is 49.9 Å². The van der Waals surface area contributed by atoms with Crippen LogP contribution < -0.4 is 0 Å². The SMILES string of the molecule is C=CCc1ccc(-c2ccc(C#CCCCC(C)F)cc2)nc1. The summed E-state index contributed by atoms with van der Waals surface area (Å²) in [6.45, 7) is 5.32. The van der Waals surface area contributed by atoms with Crippen LogP contribution in [0.1, 0.15) is 37.3 Å². The minimum absolute atomic E-state index is 0.584. The second kappa shape index (κ2) is 8.90. The van der Waals surface area contributed by atoms with Crippen molar-refractivity contribution in [3.05, 3.63) is 66.4 Å². The molecule has 1 heterocycles. The fourth-order valence-electron chi connectivity index (χ4n) is 2.24. The Labute approximate surface area is 138 Å². The highest BCUT2D eigenvalue weighted by molar-refractivity contribution is 5.60. The van der Waals surface area contributed by atoms with Crippen LogP contribution in [0.3, 0.4) is 0 Å². The predicted octanol–water partition coefficient (Wildman–Crippen LogP) is 5.36. The van der Waals surface area contributed by atoms with Crippen molar-refractivity contribution < 1.29 is 4.39 Å². The van der Waals surface area contributed by atoms with Crippen molar-refractivity contribution in [3.8, 4) is 23.1 Å². The van der Waals surface area contributed by atoms with E-state index in [4.69, 9.17) is 0 Å². The topological polar surface area (TPSA) is 12.9 Å². The second-order valence-corrected chi connectivity index (χ2v) is 5.60. The largest absolute Gasteiger partial charge is 0.256 e. The lowest BCUT2D eigenvalue weighted by Gasteiger charge is -2.02. The van der Waals surface area contributed by atoms with Gasteiger partial charge in [-0.3, -0.25) is 4.98 Å². The standard InChI is InChI=1S/C21H22FN/c1-3-7-19-12-15-21(23-16-19)20-13-10-18(11-14-20)9-6-4-5-8-17(2)22/h3,10-17H,1,4-5,7-8H2,2H3. The molecule has 1 nitrogen and oxygen atoms in total. The molecule has 0 N–H and O–H groups in total. The zero-order valence-electron chi connectivity index (χ0n) is 13.6. The van der Waals surface area contributed by atoms with E-state index < -0.39 is 6.17 Å². The van der Waals surface area contributed by atoms with Crippen molar-refractivity contribution in [3.63, 3.8) is 0 Å². The molecule has 0 saturated heterocycles. The summed E-state index contributed by atoms with van der Waals surface area (Å²) in [6, 6.07) is 12.2. The van der Waals surface area contributed by atoms with Crippen LogP contribution in [-0.2, 0) is 6.42 Å². The molecule has 2 aromatic rings. The molecular weight excluding hydrogens is 285 g/mol. The molecule has 0 aliphatic rings. The van der Waals surface area contributed by atoms with Gasteiger partial charge in [0.1, 0.15) is 0 Å². The molecule has 0 radical (unpaired) electrons. The van der Waals surface area contributed by atoms with E-state index in [-0.39, 0.29) is 0 Å². The van der Waals surface area contributed by atoms with E-state index in [9.17, 15) is 4.39 Å². The van der Waals surface area contributed by atoms with Gasteiger partial charge >= 0.3 is 0 Å². The fraction of sp³-hybridized carbons (Fsp3) is 0.286. The van der Waals surface area contributed by atoms with E-state index in [1.54, 1.807) is 6.92 Å². The number of unbranched alkanes of at least 4 members (excludes halogenated alkanes) is 1. The van der Waals surface area contributed by atoms with E-state index >= 15 is 0 Å². The van der Waals surface area contributed by atoms with Crippen LogP contribution in [0.4, 0.5) is 4.39 Å². The number of benzene rings is 1. The maximum atomic E-state index is 12.7. The number of nitrogens with zero attached hydrogens (tertiary/aromatic N) is 1. The van der Waals surface area contributed by atoms with Gasteiger partial charge in [0.15, 0.2) is 0 Å². The van der Waals surface area contributed by atoms with Gasteiger partial charge in [0, 0.05) is 23.7 Å². The van der Waals surface area contributed by atoms with Crippen molar-refractivity contribution in [1.29, 1.82) is 0 Å². The number of hydrogen-bond acceptors (Lipinski definition) is 1. The van der Waals surface area contributed by atoms with Crippen molar-refractivity contribution in [2.45, 2.75) is 38.8 Å². The van der Waals surface area contributed by atoms with Crippen LogP contribution in [0, 0.1) is 11.8 Å². The molecule has 0 spiro atoms. The monoisotopic (exact) mass is 307 g/mol. The molecule has 0 aliphatic heterocycles. The molecule has 118 valence electrons. The molecule has 1 aromatic carbocycles. The lowest BCUT2D eigenvalue weighted by molar-refractivity contribution is 0.336. The number of rotatable bonds is 6. The van der Waals surface area contributed by atoms with Crippen LogP contribution >= 0.6 is 0 Å². The highest BCUT2D eigenvalue weighted by Gasteiger charge is 1.99. The quantitative estimate of drug-likeness (QED) is 0.398. The summed E-state index contributed by atoms with van der Waals surface area (Å²) in [6.07, 6.45) is 5.99. The summed E-state index contributed by atoms with van der Waals surface area (Å²) in [5.74, 6) is 6.22. The van der Waals surface area contributed by atoms with Crippen LogP contribution in [0.2, 0.25) is 0 Å². The van der Waals surface area contributed by atoms with Crippen molar-refractivity contribution in [1.82, 2.24) is 4.98 Å². The first-order chi connectivity index (χ1) is 11.2. The molecule has 0 aliphatic carbocycles. The van der Waals surface area contributed by atoms with Crippen LogP contribution in [0.15, 0.2) is 55.3 Å². The summed E-state index contributed by atoms with van der Waals surface area (Å²) in [7, 11) is 0. The van der Waals surface area contributed by atoms with Gasteiger partial charge in [-0.2, -0.15) is 0 Å². The predicted molar refractivity (Wildman–Crippen MR) is 94.9 cm³/mol. The Balaban J connectivity index is 1.96. The third-order valence-corrected chi connectivity index (χ3v) is 3.52. The zero-order valence-corrected chi connectivity index (χ0v) is 13.6. The van der Waals surface area contributed by atoms with Gasteiger partial charge in [-0.1, -0.05) is 36.1 Å². The van der Waals surface area contributed by atoms with Crippen molar-refractivity contribution in [2.75, 3.05) is 0 Å². The van der Waals surface area contributed by atoms with Crippen molar-refractivity contribution >= 4 is 0 Å². The maximum Gasteiger partial charge on any atom is 0.0973 e. The summed E-state index contributed by atoms with van der Waals surface area (Å²) in [4.78, 5) is 4.48. The Morgan fingerprint density at radius 3 is 2.61 bits per heavy atom. The number of halogens is 1. The molecule has 0 amide bonds. The van der Waals surface area contributed by atoms with Gasteiger partial charge in [0.05, 0.1) is 11.9 Å². The number of allylic oxidation sites excluding steroid dienone is 1. The van der Waals surface area contributed by atoms with Gasteiger partial charge in [0.25, 0.3) is 0 Å². The third-order valence-electron chi connectivity index (χ3n) is 3.52. The summed E-state index contributed by atoms with van der Waals surface area (Å²) >= 11 is 0. The van der Waals surface area contributed by atoms with Crippen LogP contribution in [-0.4, -0.2) is 11.2 Å². The van der Waals surface area contributed by atoms with E-state index in [1.165, 1.54) is 0 Å². The second-order valence-electron chi connectivity index (χ2n) is 5.60. The number of aromatic nitrogens is 1. The molecule has 1 atom stereocenters. The molecular formula is C21H22FN. The molecule has 0 fully saturated rings. The maximum absolute atomic E-state index is 12.7. The Morgan fingerprint density at radius 2 is 2.00 bits per heavy atom. The molecule has 0 saturated carbocycles. The smallest absolute Gasteiger partial charge is 0.0973 e. The molecule has 1 aromatic heterocycles. The molecule has 1 unspecified atom stereocenters. The lowest BCUT2D eigenvalue weighted by atomic mass is 10.1. The van der Waals surface area contributed by atoms with E-state index in [1.807, 2.05) is 42.6 Å². The van der Waals surface area contributed by atoms with E-state index in [0.29, 0.717) is 6.42 Å². The summed E-state index contributed by atoms with van der Waals surface area (Å²) in [5.41, 5.74) is 4.17. The minimum Gasteiger partial charge on any atom is -0.256 e. The Kier molecular flexibility index (Phi) is 6.56. The highest BCUT2D eigenvalue weighted by Crippen LogP contribution is 2.18. The number of alkyl halides is 1. The van der Waals surface area contributed by atoms with Gasteiger partial charge in [-0.15, -0.1) is 6.58 Å². The van der Waals surface area contributed by atoms with Gasteiger partial charge in [-0.25, -0.2) is 4.39 Å². The lowest BCUT2D eigenvalue weighted by Crippen LogP contribution is -1.90. The van der Waals surface area contributed by atoms with Gasteiger partial charge in [0.2, 0.25) is 0 Å². The Bertz CT molecular complexity index is 673. The molecule has 2 heteroatoms. The average Bonchev–Trinajstić information content (AvgIpc) is 2.56. The minimum atomic E-state index is -0.735. The Hall–Kier alpha value is -2.40. The van der Waals surface area contributed by atoms with E-state index in [0.717, 1.165) is 41.6 Å². The normalized spacial score (nSPS) is 11.4. The molecule has 2 rings (SSSR count).